The van der Waals surface area contributed by atoms with Crippen LogP contribution in [0.1, 0.15) is 36.2 Å². The Morgan fingerprint density at radius 3 is 2.54 bits per heavy atom. The number of aromatic nitrogens is 2. The fourth-order valence-electron chi connectivity index (χ4n) is 5.61. The van der Waals surface area contributed by atoms with Gasteiger partial charge in [-0.3, -0.25) is 19.2 Å². The summed E-state index contributed by atoms with van der Waals surface area (Å²) in [5.74, 6) is 0.586. The summed E-state index contributed by atoms with van der Waals surface area (Å²) in [4.78, 5) is 28.4. The quantitative estimate of drug-likeness (QED) is 0.279. The predicted octanol–water partition coefficient (Wildman–Crippen LogP) is 5.57. The van der Waals surface area contributed by atoms with Gasteiger partial charge >= 0.3 is 0 Å². The number of amides is 1. The fourth-order valence-corrected chi connectivity index (χ4v) is 6.10. The van der Waals surface area contributed by atoms with Crippen LogP contribution >= 0.6 is 15.9 Å². The molecule has 0 aliphatic carbocycles. The molecule has 41 heavy (non-hydrogen) atoms. The molecule has 0 atom stereocenters. The molecule has 1 aromatic heterocycles. The molecule has 5 rings (SSSR count). The Labute approximate surface area is 248 Å². The lowest BCUT2D eigenvalue weighted by Gasteiger charge is -2.40. The Bertz CT molecular complexity index is 1640. The van der Waals surface area contributed by atoms with Crippen molar-refractivity contribution >= 4 is 27.5 Å². The molecule has 2 heterocycles. The van der Waals surface area contributed by atoms with Crippen LogP contribution < -0.4 is 20.3 Å². The number of nitrogens with one attached hydrogen (secondary N) is 1. The first-order chi connectivity index (χ1) is 19.6. The number of anilines is 1. The van der Waals surface area contributed by atoms with Gasteiger partial charge in [0.1, 0.15) is 5.69 Å². The number of benzene rings is 3. The van der Waals surface area contributed by atoms with Crippen LogP contribution in [-0.4, -0.2) is 40.4 Å². The summed E-state index contributed by atoms with van der Waals surface area (Å²) >= 11 is 3.74. The van der Waals surface area contributed by atoms with E-state index >= 15 is 0 Å². The molecule has 0 saturated heterocycles. The smallest absolute Gasteiger partial charge is 0.295 e. The number of hydrogen-bond acceptors (Lipinski definition) is 5. The molecule has 0 saturated carbocycles. The molecule has 1 N–H and O–H groups in total. The minimum absolute atomic E-state index is 0.0271. The van der Waals surface area contributed by atoms with Gasteiger partial charge in [-0.1, -0.05) is 66.2 Å². The van der Waals surface area contributed by atoms with Gasteiger partial charge in [0.2, 0.25) is 0 Å². The number of para-hydroxylation sites is 1. The maximum atomic E-state index is 13.1. The SMILES string of the molecule is COc1cc(CN2Cc3c(Br)cccc3C(C)(C)C2)ccc1OCC(=O)Nc1c(C)n(C)n(-c2ccccc2)c1=O. The van der Waals surface area contributed by atoms with Crippen LogP contribution in [0, 0.1) is 6.92 Å². The third-order valence-corrected chi connectivity index (χ3v) is 8.40. The fraction of sp³-hybridized carbons (Fsp3) is 0.312. The summed E-state index contributed by atoms with van der Waals surface area (Å²) in [6.45, 7) is 8.62. The van der Waals surface area contributed by atoms with Crippen molar-refractivity contribution in [1.29, 1.82) is 0 Å². The zero-order valence-electron chi connectivity index (χ0n) is 24.0. The Morgan fingerprint density at radius 2 is 1.80 bits per heavy atom. The number of rotatable bonds is 8. The van der Waals surface area contributed by atoms with Crippen molar-refractivity contribution in [3.63, 3.8) is 0 Å². The highest BCUT2D eigenvalue weighted by molar-refractivity contribution is 9.10. The van der Waals surface area contributed by atoms with Gasteiger partial charge in [0.25, 0.3) is 11.5 Å². The lowest BCUT2D eigenvalue weighted by Crippen LogP contribution is -2.41. The Kier molecular flexibility index (Phi) is 8.11. The first-order valence-electron chi connectivity index (χ1n) is 13.5. The summed E-state index contributed by atoms with van der Waals surface area (Å²) in [5.41, 5.74) is 5.11. The van der Waals surface area contributed by atoms with Crippen LogP contribution in [0.25, 0.3) is 5.69 Å². The summed E-state index contributed by atoms with van der Waals surface area (Å²) in [6, 6.07) is 21.5. The molecule has 9 heteroatoms. The van der Waals surface area contributed by atoms with Gasteiger partial charge in [-0.15, -0.1) is 0 Å². The highest BCUT2D eigenvalue weighted by Crippen LogP contribution is 2.38. The van der Waals surface area contributed by atoms with Crippen LogP contribution in [-0.2, 0) is 30.3 Å². The number of ether oxygens (including phenoxy) is 2. The molecule has 214 valence electrons. The van der Waals surface area contributed by atoms with E-state index < -0.39 is 5.91 Å². The van der Waals surface area contributed by atoms with Gasteiger partial charge in [0, 0.05) is 36.6 Å². The molecule has 1 aliphatic heterocycles. The van der Waals surface area contributed by atoms with Gasteiger partial charge in [-0.2, -0.15) is 0 Å². The van der Waals surface area contributed by atoms with E-state index in [1.54, 1.807) is 25.8 Å². The number of nitrogens with zero attached hydrogens (tertiary/aromatic N) is 3. The highest BCUT2D eigenvalue weighted by atomic mass is 79.9. The van der Waals surface area contributed by atoms with Crippen molar-refractivity contribution in [3.8, 4) is 17.2 Å². The van der Waals surface area contributed by atoms with Gasteiger partial charge in [-0.25, -0.2) is 4.68 Å². The molecule has 0 fully saturated rings. The second-order valence-electron chi connectivity index (χ2n) is 11.1. The largest absolute Gasteiger partial charge is 0.493 e. The Hall–Kier alpha value is -3.82. The Balaban J connectivity index is 1.26. The summed E-state index contributed by atoms with van der Waals surface area (Å²) in [7, 11) is 3.37. The summed E-state index contributed by atoms with van der Waals surface area (Å²) in [5, 5.41) is 2.73. The van der Waals surface area contributed by atoms with E-state index in [0.29, 0.717) is 17.2 Å². The van der Waals surface area contributed by atoms with E-state index in [1.165, 1.54) is 15.8 Å². The van der Waals surface area contributed by atoms with Gasteiger partial charge in [-0.05, 0) is 53.9 Å². The highest BCUT2D eigenvalue weighted by Gasteiger charge is 2.32. The third-order valence-electron chi connectivity index (χ3n) is 7.66. The normalized spacial score (nSPS) is 14.4. The van der Waals surface area contributed by atoms with Crippen LogP contribution in [0.4, 0.5) is 5.69 Å². The molecule has 0 bridgehead atoms. The Morgan fingerprint density at radius 1 is 1.05 bits per heavy atom. The number of halogens is 1. The van der Waals surface area contributed by atoms with Gasteiger partial charge in [0.15, 0.2) is 18.1 Å². The van der Waals surface area contributed by atoms with Crippen molar-refractivity contribution in [2.24, 2.45) is 7.05 Å². The number of carbonyl (C=O) groups excluding carboxylic acids is 1. The maximum Gasteiger partial charge on any atom is 0.295 e. The lowest BCUT2D eigenvalue weighted by molar-refractivity contribution is -0.118. The van der Waals surface area contributed by atoms with Crippen LogP contribution in [0.15, 0.2) is 76.0 Å². The van der Waals surface area contributed by atoms with Crippen molar-refractivity contribution in [3.05, 3.63) is 104 Å². The molecular formula is C32H35BrN4O4. The summed E-state index contributed by atoms with van der Waals surface area (Å²) in [6.07, 6.45) is 0. The van der Waals surface area contributed by atoms with Crippen molar-refractivity contribution in [1.82, 2.24) is 14.3 Å². The third kappa shape index (κ3) is 5.83. The van der Waals surface area contributed by atoms with E-state index in [2.05, 4.69) is 58.2 Å². The maximum absolute atomic E-state index is 13.1. The second-order valence-corrected chi connectivity index (χ2v) is 11.9. The standard InChI is InChI=1S/C32H35BrN4O4/c1-21-30(31(39)37(35(21)4)23-10-7-6-8-11-23)34-29(38)19-41-27-15-14-22(16-28(27)40-5)17-36-18-24-25(32(2,3)20-36)12-9-13-26(24)33/h6-16H,17-20H2,1-5H3,(H,34,38). The minimum Gasteiger partial charge on any atom is -0.493 e. The molecule has 0 unspecified atom stereocenters. The zero-order chi connectivity index (χ0) is 29.3. The van der Waals surface area contributed by atoms with Crippen molar-refractivity contribution in [2.75, 3.05) is 25.6 Å². The molecule has 3 aromatic carbocycles. The van der Waals surface area contributed by atoms with E-state index in [0.717, 1.165) is 35.4 Å². The first kappa shape index (κ1) is 28.7. The lowest BCUT2D eigenvalue weighted by atomic mass is 9.78. The monoisotopic (exact) mass is 618 g/mol. The summed E-state index contributed by atoms with van der Waals surface area (Å²) < 4.78 is 15.8. The number of fused-ring (bicyclic) bond motifs is 1. The molecular weight excluding hydrogens is 584 g/mol. The van der Waals surface area contributed by atoms with Gasteiger partial charge in [0.05, 0.1) is 18.5 Å². The topological polar surface area (TPSA) is 77.7 Å². The van der Waals surface area contributed by atoms with E-state index in [-0.39, 0.29) is 23.3 Å². The van der Waals surface area contributed by atoms with E-state index in [4.69, 9.17) is 9.47 Å². The second kappa shape index (κ2) is 11.6. The minimum atomic E-state index is -0.429. The first-order valence-corrected chi connectivity index (χ1v) is 14.3. The van der Waals surface area contributed by atoms with Gasteiger partial charge < -0.3 is 14.8 Å². The average Bonchev–Trinajstić information content (AvgIpc) is 3.15. The van der Waals surface area contributed by atoms with Crippen molar-refractivity contribution in [2.45, 2.75) is 39.3 Å². The number of carbonyl (C=O) groups is 1. The van der Waals surface area contributed by atoms with Crippen molar-refractivity contribution < 1.29 is 14.3 Å². The molecule has 8 nitrogen and oxygen atoms in total. The van der Waals surface area contributed by atoms with E-state index in [9.17, 15) is 9.59 Å². The van der Waals surface area contributed by atoms with Crippen LogP contribution in [0.5, 0.6) is 11.5 Å². The van der Waals surface area contributed by atoms with Crippen LogP contribution in [0.2, 0.25) is 0 Å². The molecule has 0 spiro atoms. The molecule has 1 amide bonds. The predicted molar refractivity (Wildman–Crippen MR) is 164 cm³/mol. The molecule has 1 aliphatic rings. The average molecular weight is 620 g/mol. The van der Waals surface area contributed by atoms with E-state index in [1.807, 2.05) is 48.5 Å². The number of hydrogen-bond donors (Lipinski definition) is 1. The zero-order valence-corrected chi connectivity index (χ0v) is 25.6. The molecule has 4 aromatic rings. The van der Waals surface area contributed by atoms with Crippen LogP contribution in [0.3, 0.4) is 0 Å². The molecule has 0 radical (unpaired) electrons. The number of methoxy groups -OCH3 is 1.